The molecule has 1 saturated heterocycles. The Labute approximate surface area is 118 Å². The molecule has 0 bridgehead atoms. The zero-order valence-corrected chi connectivity index (χ0v) is 12.2. The number of carboxylic acids is 1. The highest BCUT2D eigenvalue weighted by molar-refractivity contribution is 9.10. The van der Waals surface area contributed by atoms with Crippen LogP contribution in [0.1, 0.15) is 25.5 Å². The van der Waals surface area contributed by atoms with E-state index in [0.29, 0.717) is 5.02 Å². The Kier molecular flexibility index (Phi) is 3.69. The van der Waals surface area contributed by atoms with E-state index in [4.69, 9.17) is 16.3 Å². The molecule has 1 aromatic rings. The maximum atomic E-state index is 11.2. The second-order valence-corrected chi connectivity index (χ2v) is 5.94. The van der Waals surface area contributed by atoms with Crippen molar-refractivity contribution < 1.29 is 14.6 Å². The first-order valence-corrected chi connectivity index (χ1v) is 6.60. The lowest BCUT2D eigenvalue weighted by molar-refractivity contribution is -0.153. The van der Waals surface area contributed by atoms with E-state index in [0.717, 1.165) is 10.0 Å². The molecule has 2 atom stereocenters. The summed E-state index contributed by atoms with van der Waals surface area (Å²) in [5.74, 6) is -0.982. The van der Waals surface area contributed by atoms with E-state index in [1.807, 2.05) is 0 Å². The highest BCUT2D eigenvalue weighted by atomic mass is 79.9. The van der Waals surface area contributed by atoms with Crippen LogP contribution >= 0.6 is 27.5 Å². The van der Waals surface area contributed by atoms with Gasteiger partial charge in [-0.15, -0.1) is 0 Å². The second kappa shape index (κ2) is 4.81. The Morgan fingerprint density at radius 2 is 2.22 bits per heavy atom. The number of benzene rings is 1. The van der Waals surface area contributed by atoms with E-state index in [1.165, 1.54) is 0 Å². The van der Waals surface area contributed by atoms with Crippen molar-refractivity contribution in [3.8, 4) is 0 Å². The van der Waals surface area contributed by atoms with Gasteiger partial charge in [0.25, 0.3) is 0 Å². The van der Waals surface area contributed by atoms with Crippen LogP contribution in [0, 0.1) is 0 Å². The molecule has 1 aliphatic rings. The molecule has 1 fully saturated rings. The third-order valence-electron chi connectivity index (χ3n) is 2.77. The lowest BCUT2D eigenvalue weighted by Crippen LogP contribution is -2.34. The Balaban J connectivity index is 2.36. The molecule has 98 valence electrons. The molecule has 0 aliphatic carbocycles. The Morgan fingerprint density at radius 1 is 1.56 bits per heavy atom. The number of hydrogen-bond donors (Lipinski definition) is 2. The number of rotatable bonds is 2. The smallest absolute Gasteiger partial charge is 0.334 e. The lowest BCUT2D eigenvalue weighted by Gasteiger charge is -2.18. The van der Waals surface area contributed by atoms with Crippen molar-refractivity contribution in [2.24, 2.45) is 0 Å². The molecule has 18 heavy (non-hydrogen) atoms. The quantitative estimate of drug-likeness (QED) is 0.873. The van der Waals surface area contributed by atoms with Gasteiger partial charge >= 0.3 is 5.97 Å². The Bertz CT molecular complexity index is 492. The molecule has 0 amide bonds. The first-order valence-electron chi connectivity index (χ1n) is 5.43. The molecule has 0 spiro atoms. The summed E-state index contributed by atoms with van der Waals surface area (Å²) in [4.78, 5) is 11.2. The van der Waals surface area contributed by atoms with Gasteiger partial charge in [0.15, 0.2) is 6.10 Å². The third-order valence-corrected chi connectivity index (χ3v) is 3.99. The van der Waals surface area contributed by atoms with Crippen LogP contribution in [-0.4, -0.2) is 22.9 Å². The van der Waals surface area contributed by atoms with Crippen molar-refractivity contribution in [1.29, 1.82) is 0 Å². The van der Waals surface area contributed by atoms with Crippen LogP contribution in [0.2, 0.25) is 5.02 Å². The van der Waals surface area contributed by atoms with Gasteiger partial charge in [-0.25, -0.2) is 4.79 Å². The zero-order chi connectivity index (χ0) is 13.5. The van der Waals surface area contributed by atoms with Crippen LogP contribution in [-0.2, 0) is 9.53 Å². The van der Waals surface area contributed by atoms with E-state index < -0.39 is 23.8 Å². The van der Waals surface area contributed by atoms with Gasteiger partial charge < -0.3 is 9.84 Å². The van der Waals surface area contributed by atoms with Crippen LogP contribution in [0.25, 0.3) is 0 Å². The average Bonchev–Trinajstić information content (AvgIpc) is 2.59. The summed E-state index contributed by atoms with van der Waals surface area (Å²) in [6.07, 6.45) is -0.909. The maximum Gasteiger partial charge on any atom is 0.334 e. The van der Waals surface area contributed by atoms with Gasteiger partial charge in [-0.2, -0.15) is 0 Å². The molecule has 1 aliphatic heterocycles. The predicted octanol–water partition coefficient (Wildman–Crippen LogP) is 2.95. The average molecular weight is 335 g/mol. The van der Waals surface area contributed by atoms with Gasteiger partial charge in [0, 0.05) is 4.47 Å². The Hall–Kier alpha value is -0.620. The zero-order valence-electron chi connectivity index (χ0n) is 9.91. The molecular formula is C12H13BrClNO3. The van der Waals surface area contributed by atoms with E-state index in [1.54, 1.807) is 32.0 Å². The molecule has 1 aromatic carbocycles. The number of hydrogen-bond acceptors (Lipinski definition) is 3. The fraction of sp³-hybridized carbons (Fsp3) is 0.417. The van der Waals surface area contributed by atoms with E-state index >= 15 is 0 Å². The third kappa shape index (κ3) is 2.69. The minimum absolute atomic E-state index is 0.397. The molecule has 2 unspecified atom stereocenters. The van der Waals surface area contributed by atoms with Gasteiger partial charge in [0.2, 0.25) is 0 Å². The maximum absolute atomic E-state index is 11.2. The molecule has 6 heteroatoms. The summed E-state index contributed by atoms with van der Waals surface area (Å²) in [5, 5.41) is 12.9. The number of aliphatic carboxylic acids is 1. The fourth-order valence-corrected chi connectivity index (χ4v) is 2.54. The van der Waals surface area contributed by atoms with E-state index in [9.17, 15) is 9.90 Å². The van der Waals surface area contributed by atoms with Crippen molar-refractivity contribution in [3.05, 3.63) is 33.3 Å². The normalized spacial score (nSPS) is 26.2. The number of carbonyl (C=O) groups is 1. The molecule has 4 nitrogen and oxygen atoms in total. The van der Waals surface area contributed by atoms with Crippen LogP contribution in [0.15, 0.2) is 22.7 Å². The Morgan fingerprint density at radius 3 is 2.78 bits per heavy atom. The fourth-order valence-electron chi connectivity index (χ4n) is 2.03. The van der Waals surface area contributed by atoms with Crippen molar-refractivity contribution in [2.75, 3.05) is 0 Å². The van der Waals surface area contributed by atoms with Crippen molar-refractivity contribution in [3.63, 3.8) is 0 Å². The predicted molar refractivity (Wildman–Crippen MR) is 71.6 cm³/mol. The standard InChI is InChI=1S/C12H13BrClNO3/c1-12(2)15-9(10(18-12)11(16)17)6-3-4-8(14)7(13)5-6/h3-5,9-10,15H,1-2H3,(H,16,17). The summed E-state index contributed by atoms with van der Waals surface area (Å²) in [7, 11) is 0. The molecule has 2 N–H and O–H groups in total. The minimum Gasteiger partial charge on any atom is -0.479 e. The van der Waals surface area contributed by atoms with Crippen LogP contribution < -0.4 is 5.32 Å². The van der Waals surface area contributed by atoms with Gasteiger partial charge in [0.05, 0.1) is 11.1 Å². The summed E-state index contributed by atoms with van der Waals surface area (Å²) in [5.41, 5.74) is 0.157. The first-order chi connectivity index (χ1) is 8.30. The lowest BCUT2D eigenvalue weighted by atomic mass is 10.0. The molecule has 0 aromatic heterocycles. The number of carboxylic acid groups (broad SMARTS) is 1. The van der Waals surface area contributed by atoms with E-state index in [-0.39, 0.29) is 0 Å². The summed E-state index contributed by atoms with van der Waals surface area (Å²) < 4.78 is 6.22. The highest BCUT2D eigenvalue weighted by Gasteiger charge is 2.44. The molecule has 1 heterocycles. The van der Waals surface area contributed by atoms with Crippen molar-refractivity contribution in [1.82, 2.24) is 5.32 Å². The molecule has 0 saturated carbocycles. The van der Waals surface area contributed by atoms with Crippen LogP contribution in [0.3, 0.4) is 0 Å². The van der Waals surface area contributed by atoms with Crippen molar-refractivity contribution in [2.45, 2.75) is 31.7 Å². The minimum atomic E-state index is -0.982. The molecule has 0 radical (unpaired) electrons. The van der Waals surface area contributed by atoms with E-state index in [2.05, 4.69) is 21.2 Å². The number of halogens is 2. The largest absolute Gasteiger partial charge is 0.479 e. The SMILES string of the molecule is CC1(C)NC(c2ccc(Cl)c(Br)c2)C(C(=O)O)O1. The summed E-state index contributed by atoms with van der Waals surface area (Å²) in [6, 6.07) is 4.94. The van der Waals surface area contributed by atoms with Gasteiger partial charge in [-0.3, -0.25) is 5.32 Å². The second-order valence-electron chi connectivity index (χ2n) is 4.68. The highest BCUT2D eigenvalue weighted by Crippen LogP contribution is 2.34. The van der Waals surface area contributed by atoms with Gasteiger partial charge in [-0.1, -0.05) is 17.7 Å². The monoisotopic (exact) mass is 333 g/mol. The number of ether oxygens (including phenoxy) is 1. The van der Waals surface area contributed by atoms with Crippen LogP contribution in [0.4, 0.5) is 0 Å². The summed E-state index contributed by atoms with van der Waals surface area (Å²) in [6.45, 7) is 3.60. The topological polar surface area (TPSA) is 58.6 Å². The van der Waals surface area contributed by atoms with Gasteiger partial charge in [0.1, 0.15) is 5.72 Å². The summed E-state index contributed by atoms with van der Waals surface area (Å²) >= 11 is 9.26. The molecular weight excluding hydrogens is 321 g/mol. The van der Waals surface area contributed by atoms with Gasteiger partial charge in [-0.05, 0) is 47.5 Å². The van der Waals surface area contributed by atoms with Crippen LogP contribution in [0.5, 0.6) is 0 Å². The number of nitrogens with one attached hydrogen (secondary N) is 1. The van der Waals surface area contributed by atoms with Crippen molar-refractivity contribution >= 4 is 33.5 Å². The first kappa shape index (κ1) is 13.8. The molecule has 2 rings (SSSR count).